The van der Waals surface area contributed by atoms with Crippen molar-refractivity contribution in [2.75, 3.05) is 6.54 Å². The van der Waals surface area contributed by atoms with Crippen LogP contribution in [0.15, 0.2) is 12.1 Å². The Morgan fingerprint density at radius 2 is 1.85 bits per heavy atom. The van der Waals surface area contributed by atoms with E-state index < -0.39 is 11.6 Å². The van der Waals surface area contributed by atoms with E-state index in [4.69, 9.17) is 0 Å². The average Bonchev–Trinajstić information content (AvgIpc) is 3.02. The number of aryl methyl sites for hydroxylation is 1. The Hall–Kier alpha value is -0.960. The van der Waals surface area contributed by atoms with Crippen molar-refractivity contribution in [1.29, 1.82) is 0 Å². The topological polar surface area (TPSA) is 12.0 Å². The van der Waals surface area contributed by atoms with Crippen LogP contribution in [-0.2, 0) is 0 Å². The Bertz CT molecular complexity index is 490. The van der Waals surface area contributed by atoms with Crippen molar-refractivity contribution >= 4 is 0 Å². The number of halogens is 2. The van der Waals surface area contributed by atoms with Gasteiger partial charge in [-0.2, -0.15) is 0 Å². The molecule has 3 unspecified atom stereocenters. The highest BCUT2D eigenvalue weighted by atomic mass is 19.1. The molecule has 1 aromatic carbocycles. The average molecular weight is 279 g/mol. The Morgan fingerprint density at radius 3 is 2.50 bits per heavy atom. The third-order valence-corrected chi connectivity index (χ3v) is 4.98. The van der Waals surface area contributed by atoms with Crippen LogP contribution in [0.4, 0.5) is 8.78 Å². The standard InChI is InChI=1S/C17H23F2N/c1-3-4-20-17(13-7-11-6-12(11)8-13)14-5-10(2)15(18)9-16(14)19/h5,9,11-13,17,20H,3-4,6-8H2,1-2H3. The first-order chi connectivity index (χ1) is 9.60. The van der Waals surface area contributed by atoms with Gasteiger partial charge in [-0.25, -0.2) is 8.78 Å². The first-order valence-electron chi connectivity index (χ1n) is 7.79. The molecular weight excluding hydrogens is 256 g/mol. The summed E-state index contributed by atoms with van der Waals surface area (Å²) in [7, 11) is 0. The van der Waals surface area contributed by atoms with E-state index >= 15 is 0 Å². The van der Waals surface area contributed by atoms with Crippen LogP contribution in [0.3, 0.4) is 0 Å². The molecule has 2 saturated carbocycles. The summed E-state index contributed by atoms with van der Waals surface area (Å²) >= 11 is 0. The summed E-state index contributed by atoms with van der Waals surface area (Å²) in [5.41, 5.74) is 1.19. The predicted octanol–water partition coefficient (Wildman–Crippen LogP) is 4.36. The van der Waals surface area contributed by atoms with Gasteiger partial charge in [0.25, 0.3) is 0 Å². The second-order valence-electron chi connectivity index (χ2n) is 6.54. The molecule has 2 fully saturated rings. The number of hydrogen-bond acceptors (Lipinski definition) is 1. The lowest BCUT2D eigenvalue weighted by Gasteiger charge is -2.27. The number of rotatable bonds is 5. The maximum absolute atomic E-state index is 14.2. The lowest BCUT2D eigenvalue weighted by molar-refractivity contribution is 0.332. The van der Waals surface area contributed by atoms with Crippen molar-refractivity contribution < 1.29 is 8.78 Å². The van der Waals surface area contributed by atoms with Gasteiger partial charge in [-0.05, 0) is 68.5 Å². The van der Waals surface area contributed by atoms with Crippen LogP contribution >= 0.6 is 0 Å². The van der Waals surface area contributed by atoms with Crippen molar-refractivity contribution in [3.63, 3.8) is 0 Å². The number of benzene rings is 1. The van der Waals surface area contributed by atoms with Gasteiger partial charge in [0.1, 0.15) is 11.6 Å². The van der Waals surface area contributed by atoms with E-state index in [9.17, 15) is 8.78 Å². The van der Waals surface area contributed by atoms with Crippen LogP contribution in [0.2, 0.25) is 0 Å². The number of fused-ring (bicyclic) bond motifs is 1. The number of hydrogen-bond donors (Lipinski definition) is 1. The van der Waals surface area contributed by atoms with E-state index in [1.807, 2.05) is 0 Å². The maximum atomic E-state index is 14.2. The highest BCUT2D eigenvalue weighted by molar-refractivity contribution is 5.29. The van der Waals surface area contributed by atoms with E-state index in [0.717, 1.165) is 30.9 Å². The highest BCUT2D eigenvalue weighted by Gasteiger charge is 2.48. The van der Waals surface area contributed by atoms with Gasteiger partial charge >= 0.3 is 0 Å². The summed E-state index contributed by atoms with van der Waals surface area (Å²) in [6.45, 7) is 4.70. The number of nitrogens with one attached hydrogen (secondary N) is 1. The smallest absolute Gasteiger partial charge is 0.130 e. The largest absolute Gasteiger partial charge is 0.310 e. The van der Waals surface area contributed by atoms with Crippen molar-refractivity contribution in [1.82, 2.24) is 5.32 Å². The summed E-state index contributed by atoms with van der Waals surface area (Å²) < 4.78 is 27.7. The van der Waals surface area contributed by atoms with E-state index in [1.165, 1.54) is 19.3 Å². The minimum absolute atomic E-state index is 0.0436. The fraction of sp³-hybridized carbons (Fsp3) is 0.647. The van der Waals surface area contributed by atoms with Crippen molar-refractivity contribution in [2.24, 2.45) is 17.8 Å². The van der Waals surface area contributed by atoms with Crippen LogP contribution in [0.5, 0.6) is 0 Å². The SMILES string of the molecule is CCCNC(c1cc(C)c(F)cc1F)C1CC2CC2C1. The van der Waals surface area contributed by atoms with Gasteiger partial charge in [0, 0.05) is 17.7 Å². The van der Waals surface area contributed by atoms with Gasteiger partial charge in [-0.1, -0.05) is 6.92 Å². The summed E-state index contributed by atoms with van der Waals surface area (Å²) in [5, 5.41) is 3.49. The van der Waals surface area contributed by atoms with Crippen LogP contribution in [-0.4, -0.2) is 6.54 Å². The molecule has 3 atom stereocenters. The molecule has 3 rings (SSSR count). The third kappa shape index (κ3) is 2.60. The molecule has 2 aliphatic carbocycles. The van der Waals surface area contributed by atoms with Crippen molar-refractivity contribution in [3.05, 3.63) is 34.9 Å². The summed E-state index contributed by atoms with van der Waals surface area (Å²) in [5.74, 6) is 1.40. The second-order valence-corrected chi connectivity index (χ2v) is 6.54. The fourth-order valence-electron chi connectivity index (χ4n) is 3.78. The van der Waals surface area contributed by atoms with Gasteiger partial charge in [-0.15, -0.1) is 0 Å². The second kappa shape index (κ2) is 5.44. The molecule has 0 amide bonds. The van der Waals surface area contributed by atoms with E-state index in [0.29, 0.717) is 17.0 Å². The van der Waals surface area contributed by atoms with E-state index in [2.05, 4.69) is 12.2 Å². The zero-order valence-electron chi connectivity index (χ0n) is 12.3. The quantitative estimate of drug-likeness (QED) is 0.844. The van der Waals surface area contributed by atoms with Crippen LogP contribution in [0, 0.1) is 36.3 Å². The lowest BCUT2D eigenvalue weighted by atomic mass is 9.88. The summed E-state index contributed by atoms with van der Waals surface area (Å²) in [4.78, 5) is 0. The van der Waals surface area contributed by atoms with Crippen LogP contribution in [0.1, 0.15) is 49.8 Å². The zero-order chi connectivity index (χ0) is 14.3. The van der Waals surface area contributed by atoms with Crippen LogP contribution in [0.25, 0.3) is 0 Å². The molecular formula is C17H23F2N. The van der Waals surface area contributed by atoms with Gasteiger partial charge < -0.3 is 5.32 Å². The molecule has 1 nitrogen and oxygen atoms in total. The van der Waals surface area contributed by atoms with Gasteiger partial charge in [0.2, 0.25) is 0 Å². The molecule has 0 bridgehead atoms. The molecule has 20 heavy (non-hydrogen) atoms. The minimum Gasteiger partial charge on any atom is -0.310 e. The summed E-state index contributed by atoms with van der Waals surface area (Å²) in [6.07, 6.45) is 4.78. The van der Waals surface area contributed by atoms with Crippen molar-refractivity contribution in [3.8, 4) is 0 Å². The molecule has 110 valence electrons. The van der Waals surface area contributed by atoms with E-state index in [-0.39, 0.29) is 6.04 Å². The van der Waals surface area contributed by atoms with Crippen LogP contribution < -0.4 is 5.32 Å². The maximum Gasteiger partial charge on any atom is 0.130 e. The molecule has 0 aromatic heterocycles. The molecule has 0 spiro atoms. The Morgan fingerprint density at radius 1 is 1.15 bits per heavy atom. The predicted molar refractivity (Wildman–Crippen MR) is 76.5 cm³/mol. The first-order valence-corrected chi connectivity index (χ1v) is 7.79. The van der Waals surface area contributed by atoms with Crippen molar-refractivity contribution in [2.45, 2.75) is 45.6 Å². The van der Waals surface area contributed by atoms with Gasteiger partial charge in [0.15, 0.2) is 0 Å². The monoisotopic (exact) mass is 279 g/mol. The normalized spacial score (nSPS) is 29.3. The Labute approximate surface area is 119 Å². The minimum atomic E-state index is -0.449. The molecule has 0 radical (unpaired) electrons. The molecule has 3 heteroatoms. The van der Waals surface area contributed by atoms with E-state index in [1.54, 1.807) is 13.0 Å². The third-order valence-electron chi connectivity index (χ3n) is 4.98. The fourth-order valence-corrected chi connectivity index (χ4v) is 3.78. The van der Waals surface area contributed by atoms with Gasteiger partial charge in [-0.3, -0.25) is 0 Å². The molecule has 1 aromatic rings. The highest BCUT2D eigenvalue weighted by Crippen LogP contribution is 2.57. The zero-order valence-corrected chi connectivity index (χ0v) is 12.3. The Balaban J connectivity index is 1.86. The van der Waals surface area contributed by atoms with Gasteiger partial charge in [0.05, 0.1) is 0 Å². The molecule has 0 heterocycles. The molecule has 1 N–H and O–H groups in total. The molecule has 0 aliphatic heterocycles. The first kappa shape index (κ1) is 14.0. The molecule has 2 aliphatic rings. The summed E-state index contributed by atoms with van der Waals surface area (Å²) in [6, 6.07) is 2.78. The Kier molecular flexibility index (Phi) is 3.80. The lowest BCUT2D eigenvalue weighted by Crippen LogP contribution is -2.29. The molecule has 0 saturated heterocycles.